The van der Waals surface area contributed by atoms with Gasteiger partial charge in [0.2, 0.25) is 5.91 Å². The van der Waals surface area contributed by atoms with Crippen LogP contribution in [0.2, 0.25) is 5.02 Å². The van der Waals surface area contributed by atoms with Gasteiger partial charge in [0, 0.05) is 35.2 Å². The summed E-state index contributed by atoms with van der Waals surface area (Å²) in [6.07, 6.45) is -2.08. The zero-order valence-electron chi connectivity index (χ0n) is 14.9. The highest BCUT2D eigenvalue weighted by molar-refractivity contribution is 8.00. The molecule has 150 valence electrons. The number of rotatable bonds is 5. The van der Waals surface area contributed by atoms with Gasteiger partial charge in [-0.1, -0.05) is 11.6 Å². The van der Waals surface area contributed by atoms with E-state index in [0.29, 0.717) is 29.7 Å². The first-order chi connectivity index (χ1) is 13.3. The average Bonchev–Trinajstić information content (AvgIpc) is 2.68. The third-order valence-electron chi connectivity index (χ3n) is 4.44. The fourth-order valence-electron chi connectivity index (χ4n) is 2.94. The molecule has 0 radical (unpaired) electrons. The minimum atomic E-state index is -4.38. The van der Waals surface area contributed by atoms with E-state index in [0.717, 1.165) is 30.0 Å². The maximum absolute atomic E-state index is 12.6. The molecule has 2 heterocycles. The van der Waals surface area contributed by atoms with Gasteiger partial charge in [-0.25, -0.2) is 4.98 Å². The maximum atomic E-state index is 12.6. The average molecular weight is 430 g/mol. The lowest BCUT2D eigenvalue weighted by molar-refractivity contribution is -0.137. The number of aromatic nitrogens is 1. The first-order valence-corrected chi connectivity index (χ1v) is 10.1. The number of pyridine rings is 1. The van der Waals surface area contributed by atoms with Crippen molar-refractivity contribution in [2.75, 3.05) is 23.7 Å². The Hall–Kier alpha value is -1.93. The first kappa shape index (κ1) is 20.8. The summed E-state index contributed by atoms with van der Waals surface area (Å²) in [5.74, 6) is 0.810. The molecule has 1 saturated heterocycles. The van der Waals surface area contributed by atoms with Crippen LogP contribution in [0.1, 0.15) is 18.4 Å². The Morgan fingerprint density at radius 1 is 1.18 bits per heavy atom. The second-order valence-corrected chi connectivity index (χ2v) is 7.96. The number of hydrogen-bond acceptors (Lipinski definition) is 4. The molecule has 9 heteroatoms. The SMILES string of the molecule is O=C(CSc1ccc(Cl)cc1)NC1CCN(c2ccc(C(F)(F)F)cn2)CC1. The Bertz CT molecular complexity index is 792. The molecule has 28 heavy (non-hydrogen) atoms. The quantitative estimate of drug-likeness (QED) is 0.704. The highest BCUT2D eigenvalue weighted by atomic mass is 35.5. The van der Waals surface area contributed by atoms with Crippen molar-refractivity contribution in [3.8, 4) is 0 Å². The molecule has 0 unspecified atom stereocenters. The van der Waals surface area contributed by atoms with Gasteiger partial charge < -0.3 is 10.2 Å². The molecule has 1 amide bonds. The van der Waals surface area contributed by atoms with E-state index in [9.17, 15) is 18.0 Å². The lowest BCUT2D eigenvalue weighted by Gasteiger charge is -2.33. The van der Waals surface area contributed by atoms with Crippen LogP contribution < -0.4 is 10.2 Å². The molecule has 0 atom stereocenters. The third kappa shape index (κ3) is 5.78. The molecular weight excluding hydrogens is 411 g/mol. The van der Waals surface area contributed by atoms with Crippen molar-refractivity contribution in [2.24, 2.45) is 0 Å². The number of nitrogens with zero attached hydrogens (tertiary/aromatic N) is 2. The smallest absolute Gasteiger partial charge is 0.356 e. The van der Waals surface area contributed by atoms with Crippen LogP contribution in [0.3, 0.4) is 0 Å². The second-order valence-electron chi connectivity index (χ2n) is 6.47. The number of hydrogen-bond donors (Lipinski definition) is 1. The summed E-state index contributed by atoms with van der Waals surface area (Å²) in [6.45, 7) is 1.27. The summed E-state index contributed by atoms with van der Waals surface area (Å²) >= 11 is 7.28. The van der Waals surface area contributed by atoms with Gasteiger partial charge in [-0.05, 0) is 49.2 Å². The molecule has 1 aromatic heterocycles. The summed E-state index contributed by atoms with van der Waals surface area (Å²) in [5.41, 5.74) is -0.753. The molecule has 4 nitrogen and oxygen atoms in total. The number of carbonyl (C=O) groups is 1. The fraction of sp³-hybridized carbons (Fsp3) is 0.368. The minimum Gasteiger partial charge on any atom is -0.356 e. The van der Waals surface area contributed by atoms with Crippen molar-refractivity contribution in [3.63, 3.8) is 0 Å². The second kappa shape index (κ2) is 9.05. The molecule has 1 aromatic carbocycles. The van der Waals surface area contributed by atoms with Gasteiger partial charge in [0.25, 0.3) is 0 Å². The summed E-state index contributed by atoms with van der Waals surface area (Å²) in [7, 11) is 0. The molecule has 1 fully saturated rings. The van der Waals surface area contributed by atoms with Crippen molar-refractivity contribution in [1.82, 2.24) is 10.3 Å². The summed E-state index contributed by atoms with van der Waals surface area (Å²) < 4.78 is 37.9. The van der Waals surface area contributed by atoms with Gasteiger partial charge in [-0.3, -0.25) is 4.79 Å². The highest BCUT2D eigenvalue weighted by Gasteiger charge is 2.31. The largest absolute Gasteiger partial charge is 0.417 e. The minimum absolute atomic E-state index is 0.0361. The van der Waals surface area contributed by atoms with Crippen LogP contribution in [0.5, 0.6) is 0 Å². The van der Waals surface area contributed by atoms with Crippen LogP contribution in [-0.2, 0) is 11.0 Å². The molecule has 0 aliphatic carbocycles. The number of piperidine rings is 1. The molecule has 1 aliphatic rings. The standard InChI is InChI=1S/C19H19ClF3N3OS/c20-14-2-4-16(5-3-14)28-12-18(27)25-15-7-9-26(10-8-15)17-6-1-13(11-24-17)19(21,22)23/h1-6,11,15H,7-10,12H2,(H,25,27). The number of alkyl halides is 3. The van der Waals surface area contributed by atoms with Gasteiger partial charge in [-0.15, -0.1) is 11.8 Å². The van der Waals surface area contributed by atoms with Gasteiger partial charge in [0.05, 0.1) is 11.3 Å². The van der Waals surface area contributed by atoms with Crippen molar-refractivity contribution in [3.05, 3.63) is 53.2 Å². The predicted molar refractivity (Wildman–Crippen MR) is 105 cm³/mol. The number of anilines is 1. The van der Waals surface area contributed by atoms with Crippen LogP contribution in [0.4, 0.5) is 19.0 Å². The summed E-state index contributed by atoms with van der Waals surface area (Å²) in [6, 6.07) is 9.81. The zero-order chi connectivity index (χ0) is 20.1. The molecule has 1 N–H and O–H groups in total. The lowest BCUT2D eigenvalue weighted by atomic mass is 10.0. The Morgan fingerprint density at radius 3 is 2.43 bits per heavy atom. The van der Waals surface area contributed by atoms with E-state index in [1.54, 1.807) is 12.1 Å². The van der Waals surface area contributed by atoms with Crippen LogP contribution in [-0.4, -0.2) is 35.8 Å². The number of nitrogens with one attached hydrogen (secondary N) is 1. The van der Waals surface area contributed by atoms with E-state index in [1.807, 2.05) is 17.0 Å². The van der Waals surface area contributed by atoms with Crippen molar-refractivity contribution >= 4 is 35.1 Å². The Kier molecular flexibility index (Phi) is 6.72. The number of thioether (sulfide) groups is 1. The van der Waals surface area contributed by atoms with Crippen molar-refractivity contribution in [2.45, 2.75) is 30.0 Å². The number of benzene rings is 1. The molecule has 0 spiro atoms. The molecule has 1 aliphatic heterocycles. The van der Waals surface area contributed by atoms with Gasteiger partial charge in [0.1, 0.15) is 5.82 Å². The van der Waals surface area contributed by atoms with Gasteiger partial charge >= 0.3 is 6.18 Å². The Morgan fingerprint density at radius 2 is 1.86 bits per heavy atom. The molecule has 2 aromatic rings. The normalized spacial score (nSPS) is 15.5. The summed E-state index contributed by atoms with van der Waals surface area (Å²) in [5, 5.41) is 3.68. The Balaban J connectivity index is 1.43. The van der Waals surface area contributed by atoms with E-state index in [4.69, 9.17) is 11.6 Å². The maximum Gasteiger partial charge on any atom is 0.417 e. The van der Waals surface area contributed by atoms with Gasteiger partial charge in [0.15, 0.2) is 0 Å². The molecule has 0 bridgehead atoms. The van der Waals surface area contributed by atoms with E-state index in [1.165, 1.54) is 17.8 Å². The van der Waals surface area contributed by atoms with E-state index >= 15 is 0 Å². The van der Waals surface area contributed by atoms with E-state index < -0.39 is 11.7 Å². The van der Waals surface area contributed by atoms with Crippen molar-refractivity contribution in [1.29, 1.82) is 0 Å². The highest BCUT2D eigenvalue weighted by Crippen LogP contribution is 2.29. The van der Waals surface area contributed by atoms with Crippen LogP contribution in [0, 0.1) is 0 Å². The molecular formula is C19H19ClF3N3OS. The predicted octanol–water partition coefficient (Wildman–Crippen LogP) is 4.63. The number of amides is 1. The van der Waals surface area contributed by atoms with Crippen LogP contribution in [0.25, 0.3) is 0 Å². The fourth-order valence-corrected chi connectivity index (χ4v) is 3.78. The molecule has 0 saturated carbocycles. The lowest BCUT2D eigenvalue weighted by Crippen LogP contribution is -2.45. The Labute approximate surface area is 170 Å². The topological polar surface area (TPSA) is 45.2 Å². The van der Waals surface area contributed by atoms with E-state index in [-0.39, 0.29) is 11.9 Å². The van der Waals surface area contributed by atoms with Crippen LogP contribution in [0.15, 0.2) is 47.5 Å². The first-order valence-electron chi connectivity index (χ1n) is 8.77. The third-order valence-corrected chi connectivity index (χ3v) is 5.71. The van der Waals surface area contributed by atoms with E-state index in [2.05, 4.69) is 10.3 Å². The number of halogens is 4. The van der Waals surface area contributed by atoms with Crippen molar-refractivity contribution < 1.29 is 18.0 Å². The van der Waals surface area contributed by atoms with Gasteiger partial charge in [-0.2, -0.15) is 13.2 Å². The summed E-state index contributed by atoms with van der Waals surface area (Å²) in [4.78, 5) is 19.0. The number of carbonyl (C=O) groups excluding carboxylic acids is 1. The monoisotopic (exact) mass is 429 g/mol. The van der Waals surface area contributed by atoms with Crippen LogP contribution >= 0.6 is 23.4 Å². The zero-order valence-corrected chi connectivity index (χ0v) is 16.4. The molecule has 3 rings (SSSR count).